The van der Waals surface area contributed by atoms with Crippen molar-refractivity contribution in [3.8, 4) is 0 Å². The van der Waals surface area contributed by atoms with Crippen molar-refractivity contribution in [2.24, 2.45) is 0 Å². The molecule has 0 aromatic carbocycles. The molecule has 0 aromatic rings. The maximum Gasteiger partial charge on any atom is 0.408 e. The Labute approximate surface area is 128 Å². The monoisotopic (exact) mass is 315 g/mol. The van der Waals surface area contributed by atoms with Crippen LogP contribution in [0.25, 0.3) is 0 Å². The number of carbonyl (C=O) groups is 4. The summed E-state index contributed by atoms with van der Waals surface area (Å²) in [5.74, 6) is -2.45. The minimum atomic E-state index is -1.19. The fraction of sp³-hybridized carbons (Fsp3) is 0.538. The molecule has 0 heterocycles. The van der Waals surface area contributed by atoms with Crippen LogP contribution in [0.4, 0.5) is 4.79 Å². The first kappa shape index (κ1) is 19.4. The van der Waals surface area contributed by atoms with Crippen LogP contribution in [0, 0.1) is 0 Å². The Morgan fingerprint density at radius 1 is 1.00 bits per heavy atom. The van der Waals surface area contributed by atoms with E-state index < -0.39 is 42.0 Å². The van der Waals surface area contributed by atoms with Gasteiger partial charge in [0, 0.05) is 0 Å². The van der Waals surface area contributed by atoms with E-state index in [2.05, 4.69) is 27.3 Å². The number of amides is 3. The number of carboxylic acids is 1. The van der Waals surface area contributed by atoms with Gasteiger partial charge in [0.2, 0.25) is 11.8 Å². The average Bonchev–Trinajstić information content (AvgIpc) is 2.44. The zero-order valence-corrected chi connectivity index (χ0v) is 12.7. The van der Waals surface area contributed by atoms with Gasteiger partial charge in [-0.1, -0.05) is 12.7 Å². The topological polar surface area (TPSA) is 134 Å². The van der Waals surface area contributed by atoms with Gasteiger partial charge in [-0.2, -0.15) is 0 Å². The van der Waals surface area contributed by atoms with Crippen LogP contribution in [0.2, 0.25) is 0 Å². The van der Waals surface area contributed by atoms with Crippen molar-refractivity contribution in [2.75, 3.05) is 6.61 Å². The van der Waals surface area contributed by atoms with E-state index in [0.29, 0.717) is 0 Å². The lowest BCUT2D eigenvalue weighted by Gasteiger charge is -2.19. The normalized spacial score (nSPS) is 14.0. The van der Waals surface area contributed by atoms with Gasteiger partial charge in [0.15, 0.2) is 0 Å². The highest BCUT2D eigenvalue weighted by atomic mass is 16.5. The number of aliphatic carboxylic acids is 1. The number of ether oxygens (including phenoxy) is 1. The van der Waals surface area contributed by atoms with Gasteiger partial charge in [-0.15, -0.1) is 0 Å². The molecule has 0 unspecified atom stereocenters. The molecule has 0 aliphatic heterocycles. The zero-order valence-electron chi connectivity index (χ0n) is 12.7. The summed E-state index contributed by atoms with van der Waals surface area (Å²) in [6.07, 6.45) is 0.583. The molecule has 0 saturated heterocycles. The fourth-order valence-electron chi connectivity index (χ4n) is 1.22. The molecule has 124 valence electrons. The van der Waals surface area contributed by atoms with E-state index in [1.54, 1.807) is 0 Å². The third-order valence-electron chi connectivity index (χ3n) is 2.54. The van der Waals surface area contributed by atoms with Crippen LogP contribution in [0.15, 0.2) is 12.7 Å². The van der Waals surface area contributed by atoms with Crippen LogP contribution >= 0.6 is 0 Å². The van der Waals surface area contributed by atoms with Gasteiger partial charge < -0.3 is 25.8 Å². The summed E-state index contributed by atoms with van der Waals surface area (Å²) in [4.78, 5) is 45.3. The van der Waals surface area contributed by atoms with Crippen molar-refractivity contribution in [1.29, 1.82) is 0 Å². The molecule has 0 rings (SSSR count). The number of nitrogens with one attached hydrogen (secondary N) is 3. The number of alkyl carbamates (subject to hydrolysis) is 1. The maximum atomic E-state index is 11.8. The summed E-state index contributed by atoms with van der Waals surface area (Å²) < 4.78 is 4.65. The maximum absolute atomic E-state index is 11.8. The molecule has 9 heteroatoms. The summed E-state index contributed by atoms with van der Waals surface area (Å²) in [5.41, 5.74) is 0. The van der Waals surface area contributed by atoms with Crippen molar-refractivity contribution in [3.05, 3.63) is 12.7 Å². The van der Waals surface area contributed by atoms with Crippen LogP contribution in [-0.4, -0.2) is 53.7 Å². The van der Waals surface area contributed by atoms with Gasteiger partial charge in [0.25, 0.3) is 0 Å². The largest absolute Gasteiger partial charge is 0.480 e. The molecule has 0 aliphatic rings. The van der Waals surface area contributed by atoms with Gasteiger partial charge in [-0.25, -0.2) is 4.79 Å². The van der Waals surface area contributed by atoms with Crippen molar-refractivity contribution in [3.63, 3.8) is 0 Å². The quantitative estimate of drug-likeness (QED) is 0.441. The summed E-state index contributed by atoms with van der Waals surface area (Å²) >= 11 is 0. The Morgan fingerprint density at radius 2 is 1.45 bits per heavy atom. The predicted molar refractivity (Wildman–Crippen MR) is 77.0 cm³/mol. The smallest absolute Gasteiger partial charge is 0.408 e. The Hall–Kier alpha value is -2.58. The molecule has 0 bridgehead atoms. The van der Waals surface area contributed by atoms with E-state index in [-0.39, 0.29) is 6.61 Å². The van der Waals surface area contributed by atoms with Crippen molar-refractivity contribution < 1.29 is 29.0 Å². The van der Waals surface area contributed by atoms with Gasteiger partial charge in [-0.3, -0.25) is 14.4 Å². The highest BCUT2D eigenvalue weighted by molar-refractivity contribution is 5.92. The minimum absolute atomic E-state index is 0.00601. The van der Waals surface area contributed by atoms with Crippen molar-refractivity contribution in [2.45, 2.75) is 38.9 Å². The molecule has 3 amide bonds. The molecule has 3 atom stereocenters. The van der Waals surface area contributed by atoms with Gasteiger partial charge >= 0.3 is 12.1 Å². The number of hydrogen-bond acceptors (Lipinski definition) is 5. The fourth-order valence-corrected chi connectivity index (χ4v) is 1.22. The second-order valence-corrected chi connectivity index (χ2v) is 4.55. The van der Waals surface area contributed by atoms with E-state index in [4.69, 9.17) is 5.11 Å². The molecular formula is C13H21N3O6. The number of carboxylic acid groups (broad SMARTS) is 1. The molecule has 0 saturated carbocycles. The van der Waals surface area contributed by atoms with E-state index in [1.165, 1.54) is 26.8 Å². The number of rotatable bonds is 8. The molecule has 0 fully saturated rings. The molecular weight excluding hydrogens is 294 g/mol. The summed E-state index contributed by atoms with van der Waals surface area (Å²) in [5, 5.41) is 15.5. The van der Waals surface area contributed by atoms with Crippen molar-refractivity contribution >= 4 is 23.9 Å². The second-order valence-electron chi connectivity index (χ2n) is 4.55. The van der Waals surface area contributed by atoms with Crippen LogP contribution in [0.1, 0.15) is 20.8 Å². The van der Waals surface area contributed by atoms with E-state index in [9.17, 15) is 19.2 Å². The van der Waals surface area contributed by atoms with Crippen LogP contribution in [-0.2, 0) is 19.1 Å². The Kier molecular flexibility index (Phi) is 8.27. The lowest BCUT2D eigenvalue weighted by Crippen LogP contribution is -2.53. The van der Waals surface area contributed by atoms with E-state index >= 15 is 0 Å². The average molecular weight is 315 g/mol. The van der Waals surface area contributed by atoms with Gasteiger partial charge in [0.1, 0.15) is 24.7 Å². The first-order valence-corrected chi connectivity index (χ1v) is 6.56. The first-order chi connectivity index (χ1) is 10.2. The third kappa shape index (κ3) is 7.27. The molecule has 0 radical (unpaired) electrons. The lowest BCUT2D eigenvalue weighted by atomic mass is 10.2. The summed E-state index contributed by atoms with van der Waals surface area (Å²) in [6, 6.07) is -2.96. The van der Waals surface area contributed by atoms with E-state index in [0.717, 1.165) is 0 Å². The SMILES string of the molecule is C=CCOC(=O)N[C@@H](C)C(=O)N[C@@H](C)C(=O)N[C@@H](C)C(=O)O. The highest BCUT2D eigenvalue weighted by Gasteiger charge is 2.23. The van der Waals surface area contributed by atoms with Crippen molar-refractivity contribution in [1.82, 2.24) is 16.0 Å². The van der Waals surface area contributed by atoms with Gasteiger partial charge in [0.05, 0.1) is 0 Å². The molecule has 0 aromatic heterocycles. The zero-order chi connectivity index (χ0) is 17.3. The third-order valence-corrected chi connectivity index (χ3v) is 2.54. The van der Waals surface area contributed by atoms with Crippen LogP contribution < -0.4 is 16.0 Å². The van der Waals surface area contributed by atoms with Crippen LogP contribution in [0.5, 0.6) is 0 Å². The molecule has 0 spiro atoms. The minimum Gasteiger partial charge on any atom is -0.480 e. The Bertz CT molecular complexity index is 451. The first-order valence-electron chi connectivity index (χ1n) is 6.56. The lowest BCUT2D eigenvalue weighted by molar-refractivity contribution is -0.141. The number of hydrogen-bond donors (Lipinski definition) is 4. The standard InChI is InChI=1S/C13H21N3O6/c1-5-6-22-13(21)16-8(3)11(18)14-7(2)10(17)15-9(4)12(19)20/h5,7-9H,1,6H2,2-4H3,(H,14,18)(H,15,17)(H,16,21)(H,19,20)/t7-,8-,9-/m0/s1. The molecule has 22 heavy (non-hydrogen) atoms. The summed E-state index contributed by atoms with van der Waals surface area (Å²) in [7, 11) is 0. The summed E-state index contributed by atoms with van der Waals surface area (Å²) in [6.45, 7) is 7.48. The Balaban J connectivity index is 4.33. The predicted octanol–water partition coefficient (Wildman–Crippen LogP) is -0.619. The Morgan fingerprint density at radius 3 is 1.91 bits per heavy atom. The van der Waals surface area contributed by atoms with Crippen LogP contribution in [0.3, 0.4) is 0 Å². The highest BCUT2D eigenvalue weighted by Crippen LogP contribution is 1.91. The molecule has 4 N–H and O–H groups in total. The van der Waals surface area contributed by atoms with Gasteiger partial charge in [-0.05, 0) is 20.8 Å². The molecule has 9 nitrogen and oxygen atoms in total. The number of carbonyl (C=O) groups excluding carboxylic acids is 3. The second kappa shape index (κ2) is 9.37. The molecule has 0 aliphatic carbocycles. The van der Waals surface area contributed by atoms with E-state index in [1.807, 2.05) is 0 Å².